The molecule has 2 aromatic rings. The van der Waals surface area contributed by atoms with Gasteiger partial charge in [-0.15, -0.1) is 11.3 Å². The molecular formula is C11H9NO4S2. The number of hydrogen-bond donors (Lipinski definition) is 3. The highest BCUT2D eigenvalue weighted by molar-refractivity contribution is 7.73. The van der Waals surface area contributed by atoms with Crippen LogP contribution in [-0.2, 0) is 9.59 Å². The van der Waals surface area contributed by atoms with Crippen molar-refractivity contribution in [3.8, 4) is 0 Å². The van der Waals surface area contributed by atoms with Crippen LogP contribution in [0.1, 0.15) is 17.9 Å². The maximum Gasteiger partial charge on any atom is 0.311 e. The molecule has 0 radical (unpaired) electrons. The number of para-hydroxylation sites is 1. The minimum atomic E-state index is -1.16. The first kappa shape index (κ1) is 12.7. The summed E-state index contributed by atoms with van der Waals surface area (Å²) in [4.78, 5) is 24.8. The average Bonchev–Trinajstić information content (AvgIpc) is 2.65. The van der Waals surface area contributed by atoms with Crippen LogP contribution in [0.3, 0.4) is 0 Å². The Morgan fingerprint density at radius 1 is 1.39 bits per heavy atom. The van der Waals surface area contributed by atoms with E-state index in [1.807, 2.05) is 6.07 Å². The first-order valence-corrected chi connectivity index (χ1v) is 6.28. The van der Waals surface area contributed by atoms with E-state index in [9.17, 15) is 9.59 Å². The van der Waals surface area contributed by atoms with Gasteiger partial charge in [-0.05, 0) is 23.8 Å². The quantitative estimate of drug-likeness (QED) is 0.750. The van der Waals surface area contributed by atoms with Crippen LogP contribution in [-0.4, -0.2) is 27.1 Å². The lowest BCUT2D eigenvalue weighted by Gasteiger charge is -2.10. The van der Waals surface area contributed by atoms with Crippen molar-refractivity contribution in [2.24, 2.45) is 0 Å². The topological polar surface area (TPSA) is 90.4 Å². The minimum Gasteiger partial charge on any atom is -0.481 e. The third-order valence-corrected chi connectivity index (χ3v) is 3.74. The smallest absolute Gasteiger partial charge is 0.311 e. The summed E-state index contributed by atoms with van der Waals surface area (Å²) < 4.78 is 1.37. The zero-order valence-corrected chi connectivity index (χ0v) is 10.7. The van der Waals surface area contributed by atoms with Crippen LogP contribution >= 0.6 is 23.6 Å². The van der Waals surface area contributed by atoms with Gasteiger partial charge < -0.3 is 15.2 Å². The number of aromatic nitrogens is 1. The van der Waals surface area contributed by atoms with Crippen molar-refractivity contribution in [2.45, 2.75) is 12.3 Å². The Balaban J connectivity index is 2.59. The number of H-pyrrole nitrogens is 1. The molecule has 0 amide bonds. The summed E-state index contributed by atoms with van der Waals surface area (Å²) in [5.74, 6) is -3.38. The molecule has 0 fully saturated rings. The van der Waals surface area contributed by atoms with Crippen molar-refractivity contribution < 1.29 is 19.8 Å². The molecule has 0 saturated carbocycles. The number of thiazole rings is 1. The van der Waals surface area contributed by atoms with Crippen molar-refractivity contribution in [3.63, 3.8) is 0 Å². The maximum absolute atomic E-state index is 11.2. The van der Waals surface area contributed by atoms with E-state index in [0.717, 1.165) is 4.70 Å². The van der Waals surface area contributed by atoms with Crippen LogP contribution in [0.25, 0.3) is 10.2 Å². The predicted molar refractivity (Wildman–Crippen MR) is 69.6 cm³/mol. The molecule has 94 valence electrons. The summed E-state index contributed by atoms with van der Waals surface area (Å²) in [5, 5.41) is 17.9. The molecule has 1 unspecified atom stereocenters. The standard InChI is InChI=1S/C11H9NO4S2/c13-8(14)4-6(10(15)16)5-2-1-3-7-9(5)12-11(17)18-7/h1-3,6H,4H2,(H,12,17)(H,13,14)(H,15,16). The van der Waals surface area contributed by atoms with Crippen molar-refractivity contribution in [3.05, 3.63) is 27.7 Å². The van der Waals surface area contributed by atoms with Gasteiger partial charge in [-0.2, -0.15) is 0 Å². The van der Waals surface area contributed by atoms with Crippen LogP contribution in [0.2, 0.25) is 0 Å². The Bertz CT molecular complexity index is 673. The van der Waals surface area contributed by atoms with Gasteiger partial charge in [0.1, 0.15) is 0 Å². The molecule has 0 aliphatic rings. The van der Waals surface area contributed by atoms with Crippen molar-refractivity contribution >= 4 is 45.7 Å². The lowest BCUT2D eigenvalue weighted by molar-refractivity contribution is -0.145. The average molecular weight is 283 g/mol. The SMILES string of the molecule is O=C(O)CC(C(=O)O)c1cccc2sc(=S)[nH]c12. The third-order valence-electron chi connectivity index (χ3n) is 2.54. The van der Waals surface area contributed by atoms with E-state index in [1.165, 1.54) is 11.3 Å². The molecule has 1 atom stereocenters. The van der Waals surface area contributed by atoms with E-state index in [0.29, 0.717) is 15.0 Å². The molecule has 5 nitrogen and oxygen atoms in total. The van der Waals surface area contributed by atoms with E-state index in [4.69, 9.17) is 22.4 Å². The van der Waals surface area contributed by atoms with E-state index in [2.05, 4.69) is 4.98 Å². The molecule has 0 saturated heterocycles. The molecule has 18 heavy (non-hydrogen) atoms. The number of aromatic amines is 1. The molecule has 0 spiro atoms. The molecule has 1 aromatic heterocycles. The van der Waals surface area contributed by atoms with Crippen molar-refractivity contribution in [2.75, 3.05) is 0 Å². The van der Waals surface area contributed by atoms with Crippen LogP contribution in [0.5, 0.6) is 0 Å². The lowest BCUT2D eigenvalue weighted by Crippen LogP contribution is -2.16. The second-order valence-corrected chi connectivity index (χ2v) is 5.44. The number of rotatable bonds is 4. The van der Waals surface area contributed by atoms with Gasteiger partial charge in [0, 0.05) is 0 Å². The molecule has 2 rings (SSSR count). The van der Waals surface area contributed by atoms with E-state index in [-0.39, 0.29) is 0 Å². The summed E-state index contributed by atoms with van der Waals surface area (Å²) in [6.07, 6.45) is -0.453. The zero-order chi connectivity index (χ0) is 13.3. The van der Waals surface area contributed by atoms with E-state index < -0.39 is 24.3 Å². The Hall–Kier alpha value is -1.73. The lowest BCUT2D eigenvalue weighted by atomic mass is 9.95. The van der Waals surface area contributed by atoms with Gasteiger partial charge in [0.15, 0.2) is 3.95 Å². The normalized spacial score (nSPS) is 12.4. The molecule has 0 aliphatic heterocycles. The highest BCUT2D eigenvalue weighted by atomic mass is 32.1. The second-order valence-electron chi connectivity index (χ2n) is 3.72. The number of hydrogen-bond acceptors (Lipinski definition) is 4. The fraction of sp³-hybridized carbons (Fsp3) is 0.182. The van der Waals surface area contributed by atoms with Crippen LogP contribution in [0, 0.1) is 3.95 Å². The monoisotopic (exact) mass is 283 g/mol. The molecular weight excluding hydrogens is 274 g/mol. The van der Waals surface area contributed by atoms with Crippen LogP contribution in [0.15, 0.2) is 18.2 Å². The minimum absolute atomic E-state index is 0.453. The second kappa shape index (κ2) is 4.87. The van der Waals surface area contributed by atoms with Gasteiger partial charge in [0.25, 0.3) is 0 Å². The highest BCUT2D eigenvalue weighted by Crippen LogP contribution is 2.30. The Kier molecular flexibility index (Phi) is 3.44. The summed E-state index contributed by atoms with van der Waals surface area (Å²) in [7, 11) is 0. The zero-order valence-electron chi connectivity index (χ0n) is 9.04. The van der Waals surface area contributed by atoms with Gasteiger partial charge >= 0.3 is 11.9 Å². The number of carboxylic acid groups (broad SMARTS) is 2. The molecule has 1 aromatic carbocycles. The Morgan fingerprint density at radius 3 is 2.72 bits per heavy atom. The summed E-state index contributed by atoms with van der Waals surface area (Å²) in [6, 6.07) is 5.13. The van der Waals surface area contributed by atoms with E-state index in [1.54, 1.807) is 12.1 Å². The van der Waals surface area contributed by atoms with Crippen molar-refractivity contribution in [1.82, 2.24) is 4.98 Å². The largest absolute Gasteiger partial charge is 0.481 e. The van der Waals surface area contributed by atoms with Gasteiger partial charge in [0.05, 0.1) is 22.6 Å². The third kappa shape index (κ3) is 2.41. The first-order chi connectivity index (χ1) is 8.49. The van der Waals surface area contributed by atoms with Gasteiger partial charge in [-0.3, -0.25) is 9.59 Å². The van der Waals surface area contributed by atoms with Crippen LogP contribution in [0.4, 0.5) is 0 Å². The number of benzene rings is 1. The van der Waals surface area contributed by atoms with Gasteiger partial charge in [-0.25, -0.2) is 0 Å². The molecule has 3 N–H and O–H groups in total. The van der Waals surface area contributed by atoms with E-state index >= 15 is 0 Å². The molecule has 1 heterocycles. The first-order valence-electron chi connectivity index (χ1n) is 5.05. The number of aliphatic carboxylic acids is 2. The highest BCUT2D eigenvalue weighted by Gasteiger charge is 2.25. The number of carboxylic acids is 2. The van der Waals surface area contributed by atoms with Gasteiger partial charge in [-0.1, -0.05) is 12.1 Å². The number of fused-ring (bicyclic) bond motifs is 1. The maximum atomic E-state index is 11.2. The fourth-order valence-electron chi connectivity index (χ4n) is 1.79. The van der Waals surface area contributed by atoms with Crippen molar-refractivity contribution in [1.29, 1.82) is 0 Å². The Labute approximate surface area is 111 Å². The predicted octanol–water partition coefficient (Wildman–Crippen LogP) is 2.60. The summed E-state index contributed by atoms with van der Waals surface area (Å²) in [6.45, 7) is 0. The summed E-state index contributed by atoms with van der Waals surface area (Å²) >= 11 is 6.35. The molecule has 7 heteroatoms. The fourth-order valence-corrected chi connectivity index (χ4v) is 2.93. The van der Waals surface area contributed by atoms with Crippen LogP contribution < -0.4 is 0 Å². The van der Waals surface area contributed by atoms with Gasteiger partial charge in [0.2, 0.25) is 0 Å². The Morgan fingerprint density at radius 2 is 2.11 bits per heavy atom. The summed E-state index contributed by atoms with van der Waals surface area (Å²) in [5.41, 5.74) is 1.07. The number of carbonyl (C=O) groups is 2. The molecule has 0 bridgehead atoms. The molecule has 0 aliphatic carbocycles. The number of nitrogens with one attached hydrogen (secondary N) is 1.